The smallest absolute Gasteiger partial charge is 0.187 e. The third-order valence-corrected chi connectivity index (χ3v) is 5.29. The van der Waals surface area contributed by atoms with Gasteiger partial charge in [-0.1, -0.05) is 53.0 Å². The number of halogens is 2. The SMILES string of the molecule is CCC[C@H]1Oc2ccc(Br)cc2[C@@H]2CC(c3ccc(Cl)cc3)=NN12. The summed E-state index contributed by atoms with van der Waals surface area (Å²) in [7, 11) is 0. The summed E-state index contributed by atoms with van der Waals surface area (Å²) >= 11 is 9.59. The van der Waals surface area contributed by atoms with Gasteiger partial charge in [0.15, 0.2) is 6.23 Å². The Balaban J connectivity index is 1.72. The van der Waals surface area contributed by atoms with Crippen molar-refractivity contribution in [1.29, 1.82) is 0 Å². The van der Waals surface area contributed by atoms with E-state index in [-0.39, 0.29) is 12.3 Å². The summed E-state index contributed by atoms with van der Waals surface area (Å²) in [6.07, 6.45) is 2.90. The molecule has 24 heavy (non-hydrogen) atoms. The molecule has 3 nitrogen and oxygen atoms in total. The van der Waals surface area contributed by atoms with E-state index < -0.39 is 0 Å². The Kier molecular flexibility index (Phi) is 4.27. The Hall–Kier alpha value is -1.52. The summed E-state index contributed by atoms with van der Waals surface area (Å²) in [5, 5.41) is 7.79. The second-order valence-electron chi connectivity index (χ2n) is 6.20. The van der Waals surface area contributed by atoms with Crippen LogP contribution in [-0.4, -0.2) is 16.9 Å². The van der Waals surface area contributed by atoms with Crippen molar-refractivity contribution in [3.63, 3.8) is 0 Å². The first-order chi connectivity index (χ1) is 11.7. The zero-order valence-electron chi connectivity index (χ0n) is 13.4. The molecule has 0 aliphatic carbocycles. The Labute approximate surface area is 155 Å². The highest BCUT2D eigenvalue weighted by atomic mass is 79.9. The summed E-state index contributed by atoms with van der Waals surface area (Å²) < 4.78 is 7.29. The first-order valence-electron chi connectivity index (χ1n) is 8.23. The normalized spacial score (nSPS) is 21.8. The van der Waals surface area contributed by atoms with Gasteiger partial charge in [0.2, 0.25) is 0 Å². The minimum absolute atomic E-state index is 0.00141. The van der Waals surface area contributed by atoms with Crippen LogP contribution in [0.15, 0.2) is 52.0 Å². The van der Waals surface area contributed by atoms with Crippen LogP contribution in [0.3, 0.4) is 0 Å². The number of fused-ring (bicyclic) bond motifs is 3. The van der Waals surface area contributed by atoms with Gasteiger partial charge in [-0.3, -0.25) is 5.01 Å². The van der Waals surface area contributed by atoms with Crippen LogP contribution in [0.5, 0.6) is 5.75 Å². The van der Waals surface area contributed by atoms with Gasteiger partial charge >= 0.3 is 0 Å². The van der Waals surface area contributed by atoms with Crippen LogP contribution in [0.2, 0.25) is 5.02 Å². The van der Waals surface area contributed by atoms with E-state index in [1.807, 2.05) is 30.3 Å². The van der Waals surface area contributed by atoms with Gasteiger partial charge < -0.3 is 4.74 Å². The van der Waals surface area contributed by atoms with Crippen LogP contribution in [0.25, 0.3) is 0 Å². The summed E-state index contributed by atoms with van der Waals surface area (Å²) in [6, 6.07) is 14.4. The Morgan fingerprint density at radius 2 is 2.04 bits per heavy atom. The maximum absolute atomic E-state index is 6.22. The van der Waals surface area contributed by atoms with Crippen molar-refractivity contribution in [3.8, 4) is 5.75 Å². The molecule has 2 heterocycles. The van der Waals surface area contributed by atoms with E-state index in [2.05, 4.69) is 40.0 Å². The van der Waals surface area contributed by atoms with Crippen LogP contribution in [-0.2, 0) is 0 Å². The Bertz CT molecular complexity index is 790. The molecule has 0 fully saturated rings. The van der Waals surface area contributed by atoms with Gasteiger partial charge in [-0.25, -0.2) is 0 Å². The second-order valence-corrected chi connectivity index (χ2v) is 7.55. The average molecular weight is 406 g/mol. The van der Waals surface area contributed by atoms with Crippen LogP contribution in [0.4, 0.5) is 0 Å². The molecule has 124 valence electrons. The molecule has 0 amide bonds. The molecule has 0 aromatic heterocycles. The highest BCUT2D eigenvalue weighted by Gasteiger charge is 2.39. The lowest BCUT2D eigenvalue weighted by Crippen LogP contribution is -2.40. The van der Waals surface area contributed by atoms with Gasteiger partial charge in [0.1, 0.15) is 5.75 Å². The predicted molar refractivity (Wildman–Crippen MR) is 101 cm³/mol. The van der Waals surface area contributed by atoms with E-state index in [1.54, 1.807) is 0 Å². The van der Waals surface area contributed by atoms with E-state index in [1.165, 1.54) is 5.56 Å². The van der Waals surface area contributed by atoms with Crippen LogP contribution < -0.4 is 4.74 Å². The molecule has 2 atom stereocenters. The van der Waals surface area contributed by atoms with Gasteiger partial charge in [0, 0.05) is 27.9 Å². The van der Waals surface area contributed by atoms with Crippen LogP contribution in [0.1, 0.15) is 43.4 Å². The zero-order chi connectivity index (χ0) is 16.7. The molecule has 2 aliphatic rings. The molecule has 0 saturated heterocycles. The van der Waals surface area contributed by atoms with Crippen LogP contribution >= 0.6 is 27.5 Å². The number of nitrogens with zero attached hydrogens (tertiary/aromatic N) is 2. The topological polar surface area (TPSA) is 24.8 Å². The zero-order valence-corrected chi connectivity index (χ0v) is 15.7. The van der Waals surface area contributed by atoms with Gasteiger partial charge in [-0.2, -0.15) is 5.10 Å². The summed E-state index contributed by atoms with van der Waals surface area (Å²) in [5.41, 5.74) is 3.42. The van der Waals surface area contributed by atoms with Gasteiger partial charge in [0.25, 0.3) is 0 Å². The highest BCUT2D eigenvalue weighted by molar-refractivity contribution is 9.10. The van der Waals surface area contributed by atoms with E-state index in [0.717, 1.165) is 45.8 Å². The van der Waals surface area contributed by atoms with Gasteiger partial charge in [-0.05, 0) is 35.9 Å². The fraction of sp³-hybridized carbons (Fsp3) is 0.316. The molecule has 2 aliphatic heterocycles. The molecular formula is C19H18BrClN2O. The molecule has 2 aromatic rings. The molecule has 4 rings (SSSR count). The molecule has 0 saturated carbocycles. The van der Waals surface area contributed by atoms with Crippen molar-refractivity contribution in [2.45, 2.75) is 38.5 Å². The first-order valence-corrected chi connectivity index (χ1v) is 9.40. The van der Waals surface area contributed by atoms with Crippen molar-refractivity contribution in [3.05, 3.63) is 63.1 Å². The third-order valence-electron chi connectivity index (χ3n) is 4.54. The summed E-state index contributed by atoms with van der Waals surface area (Å²) in [4.78, 5) is 0. The largest absolute Gasteiger partial charge is 0.469 e. The van der Waals surface area contributed by atoms with Crippen molar-refractivity contribution in [2.75, 3.05) is 0 Å². The second kappa shape index (κ2) is 6.41. The van der Waals surface area contributed by atoms with E-state index >= 15 is 0 Å². The standard InChI is InChI=1S/C19H18BrClN2O/c1-2-3-19-23-17(15-10-13(20)6-9-18(15)24-19)11-16(22-23)12-4-7-14(21)8-5-12/h4-10,17,19H,2-3,11H2,1H3/t17-,19+/m0/s1. The first kappa shape index (κ1) is 16.0. The van der Waals surface area contributed by atoms with E-state index in [9.17, 15) is 0 Å². The van der Waals surface area contributed by atoms with Gasteiger partial charge in [0.05, 0.1) is 11.8 Å². The molecule has 5 heteroatoms. The summed E-state index contributed by atoms with van der Waals surface area (Å²) in [5.74, 6) is 0.977. The van der Waals surface area contributed by atoms with Gasteiger partial charge in [-0.15, -0.1) is 0 Å². The van der Waals surface area contributed by atoms with Crippen molar-refractivity contribution in [1.82, 2.24) is 5.01 Å². The molecule has 0 bridgehead atoms. The predicted octanol–water partition coefficient (Wildman–Crippen LogP) is 5.77. The average Bonchev–Trinajstić information content (AvgIpc) is 3.02. The minimum Gasteiger partial charge on any atom is -0.469 e. The highest BCUT2D eigenvalue weighted by Crippen LogP contribution is 2.44. The lowest BCUT2D eigenvalue weighted by molar-refractivity contribution is -0.0223. The quantitative estimate of drug-likeness (QED) is 0.647. The van der Waals surface area contributed by atoms with Crippen molar-refractivity contribution >= 4 is 33.2 Å². The molecule has 0 N–H and O–H groups in total. The molecule has 0 radical (unpaired) electrons. The lowest BCUT2D eigenvalue weighted by atomic mass is 9.96. The Morgan fingerprint density at radius 1 is 1.25 bits per heavy atom. The maximum Gasteiger partial charge on any atom is 0.187 e. The Morgan fingerprint density at radius 3 is 2.79 bits per heavy atom. The maximum atomic E-state index is 6.22. The third kappa shape index (κ3) is 2.82. The number of hydrogen-bond acceptors (Lipinski definition) is 3. The number of hydrogen-bond donors (Lipinski definition) is 0. The molecular weight excluding hydrogens is 388 g/mol. The lowest BCUT2D eigenvalue weighted by Gasteiger charge is -2.38. The molecule has 0 unspecified atom stereocenters. The molecule has 0 spiro atoms. The number of hydrazone groups is 1. The van der Waals surface area contributed by atoms with E-state index in [0.29, 0.717) is 0 Å². The monoisotopic (exact) mass is 404 g/mol. The number of rotatable bonds is 3. The fourth-order valence-corrected chi connectivity index (χ4v) is 3.89. The number of ether oxygens (including phenoxy) is 1. The fourth-order valence-electron chi connectivity index (χ4n) is 3.39. The van der Waals surface area contributed by atoms with Crippen molar-refractivity contribution < 1.29 is 4.74 Å². The van der Waals surface area contributed by atoms with Crippen LogP contribution in [0, 0.1) is 0 Å². The van der Waals surface area contributed by atoms with Crippen molar-refractivity contribution in [2.24, 2.45) is 5.10 Å². The van der Waals surface area contributed by atoms with E-state index in [4.69, 9.17) is 21.4 Å². The summed E-state index contributed by atoms with van der Waals surface area (Å²) in [6.45, 7) is 2.18. The number of benzene rings is 2. The minimum atomic E-state index is -0.00141. The molecule has 2 aromatic carbocycles.